The molecule has 4 nitrogen and oxygen atoms in total. The van der Waals surface area contributed by atoms with Gasteiger partial charge in [-0.05, 0) is 12.1 Å². The van der Waals surface area contributed by atoms with E-state index in [2.05, 4.69) is 15.5 Å². The average molecular weight is 181 g/mol. The Morgan fingerprint density at radius 2 is 2.54 bits per heavy atom. The first kappa shape index (κ1) is 9.31. The Labute approximate surface area is 74.5 Å². The largest absolute Gasteiger partial charge is 0.274 e. The molecule has 0 bridgehead atoms. The van der Waals surface area contributed by atoms with E-state index in [4.69, 9.17) is 0 Å². The van der Waals surface area contributed by atoms with Gasteiger partial charge in [0.25, 0.3) is 0 Å². The highest BCUT2D eigenvalue weighted by Crippen LogP contribution is 1.98. The quantitative estimate of drug-likeness (QED) is 0.414. The molecule has 0 aliphatic heterocycles. The van der Waals surface area contributed by atoms with Gasteiger partial charge in [-0.2, -0.15) is 9.49 Å². The third kappa shape index (κ3) is 2.98. The second kappa shape index (κ2) is 4.30. The number of nitrogens with one attached hydrogen (secondary N) is 1. The van der Waals surface area contributed by atoms with Gasteiger partial charge in [-0.3, -0.25) is 4.79 Å². The molecule has 1 aromatic rings. The molecular formula is C8H8FN3O. The normalized spacial score (nSPS) is 10.3. The number of halogens is 1. The summed E-state index contributed by atoms with van der Waals surface area (Å²) in [5, 5.41) is 3.50. The third-order valence-corrected chi connectivity index (χ3v) is 1.21. The highest BCUT2D eigenvalue weighted by Gasteiger charge is 1.96. The lowest BCUT2D eigenvalue weighted by molar-refractivity contribution is -0.118. The number of carbonyl (C=O) groups excluding carboxylic acids is 1. The molecule has 1 rings (SSSR count). The molecule has 0 spiro atoms. The van der Waals surface area contributed by atoms with Crippen LogP contribution in [0.1, 0.15) is 12.5 Å². The topological polar surface area (TPSA) is 54.4 Å². The molecule has 0 aliphatic rings. The highest BCUT2D eigenvalue weighted by atomic mass is 19.1. The molecule has 0 unspecified atom stereocenters. The van der Waals surface area contributed by atoms with Crippen LogP contribution in [0.4, 0.5) is 4.39 Å². The fourth-order valence-electron chi connectivity index (χ4n) is 0.687. The summed E-state index contributed by atoms with van der Waals surface area (Å²) in [4.78, 5) is 13.8. The van der Waals surface area contributed by atoms with Gasteiger partial charge in [-0.15, -0.1) is 0 Å². The van der Waals surface area contributed by atoms with Gasteiger partial charge in [0.15, 0.2) is 0 Å². The summed E-state index contributed by atoms with van der Waals surface area (Å²) in [6.07, 6.45) is 2.54. The third-order valence-electron chi connectivity index (χ3n) is 1.21. The Morgan fingerprint density at radius 1 is 1.77 bits per heavy atom. The van der Waals surface area contributed by atoms with E-state index >= 15 is 0 Å². The van der Waals surface area contributed by atoms with E-state index in [1.165, 1.54) is 25.4 Å². The lowest BCUT2D eigenvalue weighted by atomic mass is 10.3. The smallest absolute Gasteiger partial charge is 0.236 e. The Balaban J connectivity index is 2.68. The van der Waals surface area contributed by atoms with E-state index in [1.807, 2.05) is 0 Å². The van der Waals surface area contributed by atoms with Gasteiger partial charge in [0, 0.05) is 18.7 Å². The standard InChI is InChI=1S/C8H8FN3O/c1-6(13)12-11-5-7-3-2-4-10-8(7)9/h2-5H,1H3,(H,12,13)/b11-5+. The van der Waals surface area contributed by atoms with Crippen molar-refractivity contribution >= 4 is 12.1 Å². The number of hydrazone groups is 1. The lowest BCUT2D eigenvalue weighted by Crippen LogP contribution is -2.12. The molecule has 1 amide bonds. The van der Waals surface area contributed by atoms with Crippen molar-refractivity contribution in [2.24, 2.45) is 5.10 Å². The maximum absolute atomic E-state index is 12.8. The van der Waals surface area contributed by atoms with E-state index in [1.54, 1.807) is 6.07 Å². The van der Waals surface area contributed by atoms with Crippen molar-refractivity contribution in [1.82, 2.24) is 10.4 Å². The van der Waals surface area contributed by atoms with Crippen LogP contribution in [0.2, 0.25) is 0 Å². The Hall–Kier alpha value is -1.78. The minimum absolute atomic E-state index is 0.233. The maximum Gasteiger partial charge on any atom is 0.236 e. The molecule has 5 heteroatoms. The van der Waals surface area contributed by atoms with Crippen molar-refractivity contribution < 1.29 is 9.18 Å². The second-order valence-corrected chi connectivity index (χ2v) is 2.31. The van der Waals surface area contributed by atoms with Gasteiger partial charge in [-0.1, -0.05) is 0 Å². The maximum atomic E-state index is 12.8. The van der Waals surface area contributed by atoms with Crippen LogP contribution in [0.15, 0.2) is 23.4 Å². The van der Waals surface area contributed by atoms with Crippen molar-refractivity contribution in [3.63, 3.8) is 0 Å². The minimum Gasteiger partial charge on any atom is -0.274 e. The van der Waals surface area contributed by atoms with Gasteiger partial charge in [0.1, 0.15) is 0 Å². The minimum atomic E-state index is -0.614. The van der Waals surface area contributed by atoms with Gasteiger partial charge >= 0.3 is 0 Å². The SMILES string of the molecule is CC(=O)N/N=C/c1cccnc1F. The number of rotatable bonds is 2. The fraction of sp³-hybridized carbons (Fsp3) is 0.125. The molecule has 1 heterocycles. The molecule has 0 saturated carbocycles. The molecule has 0 saturated heterocycles. The number of carbonyl (C=O) groups is 1. The summed E-state index contributed by atoms with van der Waals surface area (Å²) < 4.78 is 12.8. The molecule has 13 heavy (non-hydrogen) atoms. The number of hydrogen-bond donors (Lipinski definition) is 1. The predicted octanol–water partition coefficient (Wildman–Crippen LogP) is 0.691. The fourth-order valence-corrected chi connectivity index (χ4v) is 0.687. The summed E-state index contributed by atoms with van der Waals surface area (Å²) in [6, 6.07) is 3.09. The van der Waals surface area contributed by atoms with E-state index in [0.717, 1.165) is 0 Å². The van der Waals surface area contributed by atoms with Crippen LogP contribution in [0.3, 0.4) is 0 Å². The van der Waals surface area contributed by atoms with E-state index in [9.17, 15) is 9.18 Å². The van der Waals surface area contributed by atoms with Crippen LogP contribution in [0, 0.1) is 5.95 Å². The average Bonchev–Trinajstić information content (AvgIpc) is 2.08. The van der Waals surface area contributed by atoms with E-state index < -0.39 is 5.95 Å². The van der Waals surface area contributed by atoms with Crippen molar-refractivity contribution in [3.8, 4) is 0 Å². The van der Waals surface area contributed by atoms with E-state index in [-0.39, 0.29) is 11.5 Å². The van der Waals surface area contributed by atoms with Crippen molar-refractivity contribution in [2.45, 2.75) is 6.92 Å². The first-order chi connectivity index (χ1) is 6.20. The number of amides is 1. The van der Waals surface area contributed by atoms with Gasteiger partial charge < -0.3 is 0 Å². The van der Waals surface area contributed by atoms with Gasteiger partial charge in [0.2, 0.25) is 11.9 Å². The first-order valence-corrected chi connectivity index (χ1v) is 3.60. The summed E-state index contributed by atoms with van der Waals surface area (Å²) in [7, 11) is 0. The monoisotopic (exact) mass is 181 g/mol. The molecule has 0 fully saturated rings. The molecule has 0 atom stereocenters. The first-order valence-electron chi connectivity index (χ1n) is 3.60. The van der Waals surface area contributed by atoms with Crippen molar-refractivity contribution in [1.29, 1.82) is 0 Å². The second-order valence-electron chi connectivity index (χ2n) is 2.31. The van der Waals surface area contributed by atoms with Crippen LogP contribution in [-0.2, 0) is 4.79 Å². The number of nitrogens with zero attached hydrogens (tertiary/aromatic N) is 2. The molecule has 1 aromatic heterocycles. The van der Waals surface area contributed by atoms with Crippen LogP contribution in [0.25, 0.3) is 0 Å². The Morgan fingerprint density at radius 3 is 3.15 bits per heavy atom. The molecule has 0 aromatic carbocycles. The van der Waals surface area contributed by atoms with Crippen LogP contribution in [-0.4, -0.2) is 17.1 Å². The summed E-state index contributed by atoms with van der Waals surface area (Å²) in [6.45, 7) is 1.32. The molecule has 0 radical (unpaired) electrons. The Kier molecular flexibility index (Phi) is 3.08. The molecule has 68 valence electrons. The van der Waals surface area contributed by atoms with Crippen molar-refractivity contribution in [2.75, 3.05) is 0 Å². The van der Waals surface area contributed by atoms with Crippen LogP contribution >= 0.6 is 0 Å². The predicted molar refractivity (Wildman–Crippen MR) is 45.6 cm³/mol. The highest BCUT2D eigenvalue weighted by molar-refractivity contribution is 5.81. The zero-order valence-corrected chi connectivity index (χ0v) is 6.99. The number of hydrogen-bond acceptors (Lipinski definition) is 3. The van der Waals surface area contributed by atoms with Gasteiger partial charge in [-0.25, -0.2) is 10.4 Å². The van der Waals surface area contributed by atoms with Crippen LogP contribution < -0.4 is 5.43 Å². The number of aromatic nitrogens is 1. The van der Waals surface area contributed by atoms with E-state index in [0.29, 0.717) is 0 Å². The Bertz CT molecular complexity index is 338. The molecule has 1 N–H and O–H groups in total. The zero-order valence-electron chi connectivity index (χ0n) is 6.99. The number of pyridine rings is 1. The summed E-state index contributed by atoms with van der Waals surface area (Å²) in [5.74, 6) is -0.919. The summed E-state index contributed by atoms with van der Waals surface area (Å²) in [5.41, 5.74) is 2.39. The zero-order chi connectivity index (χ0) is 9.68. The van der Waals surface area contributed by atoms with Gasteiger partial charge in [0.05, 0.1) is 6.21 Å². The lowest BCUT2D eigenvalue weighted by Gasteiger charge is -1.93. The van der Waals surface area contributed by atoms with Crippen molar-refractivity contribution in [3.05, 3.63) is 29.8 Å². The molecule has 0 aliphatic carbocycles. The van der Waals surface area contributed by atoms with Crippen LogP contribution in [0.5, 0.6) is 0 Å². The summed E-state index contributed by atoms with van der Waals surface area (Å²) >= 11 is 0. The molecular weight excluding hydrogens is 173 g/mol.